The smallest absolute Gasteiger partial charge is 0.367 e. The van der Waals surface area contributed by atoms with E-state index in [0.29, 0.717) is 42.8 Å². The lowest BCUT2D eigenvalue weighted by Gasteiger charge is -2.36. The number of aromatic nitrogens is 3. The fourth-order valence-electron chi connectivity index (χ4n) is 3.48. The van der Waals surface area contributed by atoms with Crippen LogP contribution in [-0.2, 0) is 13.2 Å². The highest BCUT2D eigenvalue weighted by Gasteiger charge is 2.31. The van der Waals surface area contributed by atoms with E-state index in [0.717, 1.165) is 17.8 Å². The number of aryl methyl sites for hydroxylation is 1. The SMILES string of the molecule is Cn1nccc1C(=O)N1CCN(c2ccnc3cc(C(F)(F)F)ccc23)CC1. The molecule has 3 aromatic rings. The lowest BCUT2D eigenvalue weighted by Crippen LogP contribution is -2.49. The molecule has 6 nitrogen and oxygen atoms in total. The molecule has 0 saturated carbocycles. The Hall–Kier alpha value is -3.10. The van der Waals surface area contributed by atoms with Crippen molar-refractivity contribution in [2.45, 2.75) is 6.18 Å². The predicted molar refractivity (Wildman–Crippen MR) is 98.1 cm³/mol. The molecule has 0 radical (unpaired) electrons. The number of nitrogens with zero attached hydrogens (tertiary/aromatic N) is 5. The van der Waals surface area contributed by atoms with Gasteiger partial charge in [0.15, 0.2) is 0 Å². The number of hydrogen-bond acceptors (Lipinski definition) is 4. The van der Waals surface area contributed by atoms with Gasteiger partial charge in [0.2, 0.25) is 0 Å². The van der Waals surface area contributed by atoms with Gasteiger partial charge < -0.3 is 9.80 Å². The summed E-state index contributed by atoms with van der Waals surface area (Å²) in [6.07, 6.45) is -1.30. The Morgan fingerprint density at radius 2 is 1.79 bits per heavy atom. The van der Waals surface area contributed by atoms with Gasteiger partial charge in [-0.05, 0) is 24.3 Å². The van der Waals surface area contributed by atoms with Crippen LogP contribution >= 0.6 is 0 Å². The van der Waals surface area contributed by atoms with E-state index < -0.39 is 11.7 Å². The van der Waals surface area contributed by atoms with Gasteiger partial charge in [-0.15, -0.1) is 0 Å². The fraction of sp³-hybridized carbons (Fsp3) is 0.316. The molecule has 1 aromatic carbocycles. The molecule has 0 unspecified atom stereocenters. The fourth-order valence-corrected chi connectivity index (χ4v) is 3.48. The third-order valence-corrected chi connectivity index (χ3v) is 4.99. The molecule has 146 valence electrons. The number of fused-ring (bicyclic) bond motifs is 1. The summed E-state index contributed by atoms with van der Waals surface area (Å²) in [4.78, 5) is 20.5. The van der Waals surface area contributed by atoms with Crippen LogP contribution in [0.1, 0.15) is 16.1 Å². The zero-order chi connectivity index (χ0) is 19.9. The van der Waals surface area contributed by atoms with E-state index in [2.05, 4.69) is 15.0 Å². The van der Waals surface area contributed by atoms with Gasteiger partial charge in [-0.3, -0.25) is 14.5 Å². The minimum absolute atomic E-state index is 0.0749. The molecule has 1 saturated heterocycles. The Morgan fingerprint density at radius 1 is 1.04 bits per heavy atom. The molecule has 0 spiro atoms. The number of anilines is 1. The molecule has 9 heteroatoms. The number of piperazine rings is 1. The van der Waals surface area contributed by atoms with Crippen LogP contribution in [0.2, 0.25) is 0 Å². The monoisotopic (exact) mass is 389 g/mol. The van der Waals surface area contributed by atoms with Crippen LogP contribution in [0.15, 0.2) is 42.7 Å². The van der Waals surface area contributed by atoms with E-state index in [1.54, 1.807) is 35.0 Å². The van der Waals surface area contributed by atoms with Crippen molar-refractivity contribution in [3.63, 3.8) is 0 Å². The number of carbonyl (C=O) groups excluding carboxylic acids is 1. The highest BCUT2D eigenvalue weighted by atomic mass is 19.4. The molecule has 0 bridgehead atoms. The van der Waals surface area contributed by atoms with Crippen molar-refractivity contribution in [2.75, 3.05) is 31.1 Å². The quantitative estimate of drug-likeness (QED) is 0.676. The van der Waals surface area contributed by atoms with Crippen LogP contribution in [0.25, 0.3) is 10.9 Å². The molecule has 3 heterocycles. The van der Waals surface area contributed by atoms with Crippen molar-refractivity contribution in [3.05, 3.63) is 54.0 Å². The van der Waals surface area contributed by atoms with Crippen molar-refractivity contribution in [1.82, 2.24) is 19.7 Å². The molecule has 1 aliphatic rings. The minimum atomic E-state index is -4.40. The second kappa shape index (κ2) is 6.81. The van der Waals surface area contributed by atoms with E-state index in [1.165, 1.54) is 12.3 Å². The highest BCUT2D eigenvalue weighted by molar-refractivity contribution is 5.94. The summed E-state index contributed by atoms with van der Waals surface area (Å²) >= 11 is 0. The maximum Gasteiger partial charge on any atom is 0.416 e. The lowest BCUT2D eigenvalue weighted by atomic mass is 10.1. The second-order valence-corrected chi connectivity index (χ2v) is 6.68. The molecule has 0 N–H and O–H groups in total. The molecule has 1 aliphatic heterocycles. The Bertz CT molecular complexity index is 1020. The van der Waals surface area contributed by atoms with Crippen LogP contribution in [0, 0.1) is 0 Å². The average molecular weight is 389 g/mol. The van der Waals surface area contributed by atoms with Crippen LogP contribution in [0.4, 0.5) is 18.9 Å². The highest BCUT2D eigenvalue weighted by Crippen LogP contribution is 2.33. The van der Waals surface area contributed by atoms with E-state index in [4.69, 9.17) is 0 Å². The number of benzene rings is 1. The summed E-state index contributed by atoms with van der Waals surface area (Å²) in [6.45, 7) is 2.22. The van der Waals surface area contributed by atoms with Crippen molar-refractivity contribution < 1.29 is 18.0 Å². The topological polar surface area (TPSA) is 54.3 Å². The first kappa shape index (κ1) is 18.3. The maximum absolute atomic E-state index is 13.0. The number of rotatable bonds is 2. The third kappa shape index (κ3) is 3.28. The summed E-state index contributed by atoms with van der Waals surface area (Å²) in [7, 11) is 1.72. The largest absolute Gasteiger partial charge is 0.416 e. The second-order valence-electron chi connectivity index (χ2n) is 6.68. The summed E-state index contributed by atoms with van der Waals surface area (Å²) in [6, 6.07) is 7.10. The molecular formula is C19H18F3N5O. The normalized spacial score (nSPS) is 15.3. The van der Waals surface area contributed by atoms with Crippen molar-refractivity contribution in [2.24, 2.45) is 7.05 Å². The van der Waals surface area contributed by atoms with Crippen molar-refractivity contribution >= 4 is 22.5 Å². The van der Waals surface area contributed by atoms with Crippen LogP contribution in [-0.4, -0.2) is 51.8 Å². The van der Waals surface area contributed by atoms with Crippen molar-refractivity contribution in [3.8, 4) is 0 Å². The molecule has 4 rings (SSSR count). The summed E-state index contributed by atoms with van der Waals surface area (Å²) < 4.78 is 40.4. The lowest BCUT2D eigenvalue weighted by molar-refractivity contribution is -0.137. The van der Waals surface area contributed by atoms with Gasteiger partial charge in [0.05, 0.1) is 11.1 Å². The molecule has 2 aromatic heterocycles. The molecule has 0 atom stereocenters. The molecule has 1 fully saturated rings. The predicted octanol–water partition coefficient (Wildman–Crippen LogP) is 2.95. The van der Waals surface area contributed by atoms with E-state index in [1.807, 2.05) is 0 Å². The van der Waals surface area contributed by atoms with Crippen LogP contribution < -0.4 is 4.90 Å². The summed E-state index contributed by atoms with van der Waals surface area (Å²) in [5.41, 5.74) is 0.950. The number of alkyl halides is 3. The number of carbonyl (C=O) groups is 1. The van der Waals surface area contributed by atoms with Crippen molar-refractivity contribution in [1.29, 1.82) is 0 Å². The first-order chi connectivity index (χ1) is 13.3. The summed E-state index contributed by atoms with van der Waals surface area (Å²) in [5, 5.41) is 4.69. The number of pyridine rings is 1. The Balaban J connectivity index is 1.54. The van der Waals surface area contributed by atoms with E-state index in [-0.39, 0.29) is 5.91 Å². The van der Waals surface area contributed by atoms with Gasteiger partial charge in [-0.25, -0.2) is 0 Å². The number of amides is 1. The first-order valence-corrected chi connectivity index (χ1v) is 8.83. The van der Waals surface area contributed by atoms with Crippen LogP contribution in [0.3, 0.4) is 0 Å². The maximum atomic E-state index is 13.0. The number of hydrogen-bond donors (Lipinski definition) is 0. The minimum Gasteiger partial charge on any atom is -0.367 e. The summed E-state index contributed by atoms with van der Waals surface area (Å²) in [5.74, 6) is -0.0749. The van der Waals surface area contributed by atoms with E-state index in [9.17, 15) is 18.0 Å². The Morgan fingerprint density at radius 3 is 2.43 bits per heavy atom. The Labute approximate surface area is 159 Å². The molecule has 0 aliphatic carbocycles. The van der Waals surface area contributed by atoms with Gasteiger partial charge in [0.1, 0.15) is 5.69 Å². The average Bonchev–Trinajstić information content (AvgIpc) is 3.12. The number of halogens is 3. The van der Waals surface area contributed by atoms with Gasteiger partial charge in [0.25, 0.3) is 5.91 Å². The zero-order valence-corrected chi connectivity index (χ0v) is 15.1. The van der Waals surface area contributed by atoms with Gasteiger partial charge >= 0.3 is 6.18 Å². The van der Waals surface area contributed by atoms with E-state index >= 15 is 0 Å². The van der Waals surface area contributed by atoms with Gasteiger partial charge in [-0.1, -0.05) is 6.07 Å². The zero-order valence-electron chi connectivity index (χ0n) is 15.1. The first-order valence-electron chi connectivity index (χ1n) is 8.83. The van der Waals surface area contributed by atoms with Gasteiger partial charge in [-0.2, -0.15) is 18.3 Å². The van der Waals surface area contributed by atoms with Crippen LogP contribution in [0.5, 0.6) is 0 Å². The molecular weight excluding hydrogens is 371 g/mol. The third-order valence-electron chi connectivity index (χ3n) is 4.99. The molecule has 1 amide bonds. The standard InChI is InChI=1S/C19H18F3N5O/c1-25-17(5-7-24-25)18(28)27-10-8-26(9-11-27)16-4-6-23-15-12-13(19(20,21)22)2-3-14(15)16/h2-7,12H,8-11H2,1H3. The van der Waals surface area contributed by atoms with Gasteiger partial charge in [0, 0.05) is 56.7 Å². The Kier molecular flexibility index (Phi) is 4.44. The molecule has 28 heavy (non-hydrogen) atoms.